The maximum absolute atomic E-state index is 9.70. The molecule has 0 atom stereocenters. The predicted molar refractivity (Wildman–Crippen MR) is 62.3 cm³/mol. The van der Waals surface area contributed by atoms with Gasteiger partial charge in [-0.2, -0.15) is 0 Å². The van der Waals surface area contributed by atoms with Crippen LogP contribution in [0.5, 0.6) is 11.5 Å². The number of rotatable bonds is 0. The largest absolute Gasteiger partial charge is 0.506 e. The quantitative estimate of drug-likeness (QED) is 0.699. The standard InChI is InChI=1S/C10H5Cl3O2/c11-4-1-2-5-6(3-4)10(15)8(13)7(12)9(5)14/h1-3,14-15H. The molecule has 5 heteroatoms. The smallest absolute Gasteiger partial charge is 0.143 e. The zero-order valence-electron chi connectivity index (χ0n) is 7.26. The normalized spacial score (nSPS) is 10.9. The fourth-order valence-electron chi connectivity index (χ4n) is 1.36. The summed E-state index contributed by atoms with van der Waals surface area (Å²) in [5, 5.41) is 20.5. The summed E-state index contributed by atoms with van der Waals surface area (Å²) >= 11 is 17.2. The first-order valence-corrected chi connectivity index (χ1v) is 5.14. The number of hydrogen-bond acceptors (Lipinski definition) is 2. The summed E-state index contributed by atoms with van der Waals surface area (Å²) < 4.78 is 0. The summed E-state index contributed by atoms with van der Waals surface area (Å²) in [6.45, 7) is 0. The molecule has 78 valence electrons. The molecule has 0 radical (unpaired) electrons. The summed E-state index contributed by atoms with van der Waals surface area (Å²) in [7, 11) is 0. The lowest BCUT2D eigenvalue weighted by atomic mass is 10.1. The second-order valence-electron chi connectivity index (χ2n) is 3.02. The number of aromatic hydroxyl groups is 2. The Bertz CT molecular complexity index is 552. The van der Waals surface area contributed by atoms with E-state index in [2.05, 4.69) is 0 Å². The first-order chi connectivity index (χ1) is 7.02. The molecule has 15 heavy (non-hydrogen) atoms. The Hall–Kier alpha value is -0.830. The van der Waals surface area contributed by atoms with Crippen molar-refractivity contribution < 1.29 is 10.2 Å². The molecule has 2 aromatic rings. The van der Waals surface area contributed by atoms with Gasteiger partial charge in [0, 0.05) is 15.8 Å². The third-order valence-electron chi connectivity index (χ3n) is 2.10. The highest BCUT2D eigenvalue weighted by Crippen LogP contribution is 2.45. The van der Waals surface area contributed by atoms with E-state index < -0.39 is 0 Å². The molecule has 0 saturated carbocycles. The van der Waals surface area contributed by atoms with Gasteiger partial charge in [0.1, 0.15) is 21.5 Å². The minimum atomic E-state index is -0.183. The van der Waals surface area contributed by atoms with E-state index in [1.807, 2.05) is 0 Å². The highest BCUT2D eigenvalue weighted by molar-refractivity contribution is 6.45. The van der Waals surface area contributed by atoms with Crippen molar-refractivity contribution in [2.24, 2.45) is 0 Å². The molecule has 0 bridgehead atoms. The summed E-state index contributed by atoms with van der Waals surface area (Å²) in [4.78, 5) is 0. The highest BCUT2D eigenvalue weighted by Gasteiger charge is 2.15. The third kappa shape index (κ3) is 1.59. The number of halogens is 3. The zero-order valence-corrected chi connectivity index (χ0v) is 9.53. The first kappa shape index (κ1) is 10.7. The number of fused-ring (bicyclic) bond motifs is 1. The van der Waals surface area contributed by atoms with E-state index in [-0.39, 0.29) is 21.5 Å². The van der Waals surface area contributed by atoms with Crippen molar-refractivity contribution in [3.05, 3.63) is 33.3 Å². The molecule has 2 rings (SSSR count). The first-order valence-electron chi connectivity index (χ1n) is 4.00. The van der Waals surface area contributed by atoms with E-state index in [0.717, 1.165) is 0 Å². The van der Waals surface area contributed by atoms with Crippen molar-refractivity contribution in [2.75, 3.05) is 0 Å². The number of benzene rings is 2. The zero-order chi connectivity index (χ0) is 11.2. The van der Waals surface area contributed by atoms with Crippen LogP contribution in [-0.4, -0.2) is 10.2 Å². The Morgan fingerprint density at radius 1 is 0.800 bits per heavy atom. The van der Waals surface area contributed by atoms with Gasteiger partial charge in [0.15, 0.2) is 0 Å². The number of phenols is 2. The van der Waals surface area contributed by atoms with Crippen LogP contribution in [0.1, 0.15) is 0 Å². The molecule has 0 aliphatic carbocycles. The van der Waals surface area contributed by atoms with Gasteiger partial charge in [-0.1, -0.05) is 34.8 Å². The molecule has 0 unspecified atom stereocenters. The van der Waals surface area contributed by atoms with Gasteiger partial charge in [0.25, 0.3) is 0 Å². The Balaban J connectivity index is 3.00. The van der Waals surface area contributed by atoms with E-state index >= 15 is 0 Å². The minimum Gasteiger partial charge on any atom is -0.506 e. The van der Waals surface area contributed by atoms with Gasteiger partial charge in [-0.3, -0.25) is 0 Å². The Morgan fingerprint density at radius 3 is 1.93 bits per heavy atom. The van der Waals surface area contributed by atoms with Gasteiger partial charge in [0.2, 0.25) is 0 Å². The van der Waals surface area contributed by atoms with Crippen molar-refractivity contribution >= 4 is 45.6 Å². The maximum atomic E-state index is 9.70. The van der Waals surface area contributed by atoms with Crippen LogP contribution in [0.25, 0.3) is 10.8 Å². The molecule has 0 fully saturated rings. The van der Waals surface area contributed by atoms with E-state index in [9.17, 15) is 10.2 Å². The molecule has 0 aliphatic heterocycles. The van der Waals surface area contributed by atoms with Crippen LogP contribution in [0, 0.1) is 0 Å². The van der Waals surface area contributed by atoms with Gasteiger partial charge in [-0.25, -0.2) is 0 Å². The van der Waals surface area contributed by atoms with Crippen LogP contribution in [0.4, 0.5) is 0 Å². The fraction of sp³-hybridized carbons (Fsp3) is 0. The Morgan fingerprint density at radius 2 is 1.33 bits per heavy atom. The maximum Gasteiger partial charge on any atom is 0.143 e. The lowest BCUT2D eigenvalue weighted by molar-refractivity contribution is 0.470. The van der Waals surface area contributed by atoms with Crippen molar-refractivity contribution in [3.8, 4) is 11.5 Å². The van der Waals surface area contributed by atoms with E-state index in [4.69, 9.17) is 34.8 Å². The highest BCUT2D eigenvalue weighted by atomic mass is 35.5. The molecule has 2 nitrogen and oxygen atoms in total. The third-order valence-corrected chi connectivity index (χ3v) is 3.17. The molecule has 0 spiro atoms. The summed E-state index contributed by atoms with van der Waals surface area (Å²) in [5.74, 6) is -0.344. The number of phenolic OH excluding ortho intramolecular Hbond substituents is 2. The fourth-order valence-corrected chi connectivity index (χ4v) is 1.92. The van der Waals surface area contributed by atoms with Gasteiger partial charge < -0.3 is 10.2 Å². The van der Waals surface area contributed by atoms with Crippen LogP contribution in [-0.2, 0) is 0 Å². The molecule has 0 amide bonds. The summed E-state index contributed by atoms with van der Waals surface area (Å²) in [5.41, 5.74) is 0. The second-order valence-corrected chi connectivity index (χ2v) is 4.21. The van der Waals surface area contributed by atoms with Gasteiger partial charge in [-0.05, 0) is 18.2 Å². The molecular weight excluding hydrogens is 258 g/mol. The molecule has 0 aliphatic rings. The van der Waals surface area contributed by atoms with Crippen molar-refractivity contribution in [3.63, 3.8) is 0 Å². The van der Waals surface area contributed by atoms with Crippen molar-refractivity contribution in [1.82, 2.24) is 0 Å². The monoisotopic (exact) mass is 262 g/mol. The molecule has 2 N–H and O–H groups in total. The molecule has 0 aromatic heterocycles. The SMILES string of the molecule is Oc1c(Cl)c(Cl)c(O)c2cc(Cl)ccc12. The summed E-state index contributed by atoms with van der Waals surface area (Å²) in [6, 6.07) is 4.66. The van der Waals surface area contributed by atoms with Gasteiger partial charge in [0.05, 0.1) is 0 Å². The van der Waals surface area contributed by atoms with Gasteiger partial charge in [-0.15, -0.1) is 0 Å². The molecule has 0 saturated heterocycles. The Labute approximate surface area is 101 Å². The lowest BCUT2D eigenvalue weighted by Gasteiger charge is -2.08. The summed E-state index contributed by atoms with van der Waals surface area (Å²) in [6.07, 6.45) is 0. The van der Waals surface area contributed by atoms with Crippen molar-refractivity contribution in [1.29, 1.82) is 0 Å². The predicted octanol–water partition coefficient (Wildman–Crippen LogP) is 4.21. The van der Waals surface area contributed by atoms with Gasteiger partial charge >= 0.3 is 0 Å². The average molecular weight is 264 g/mol. The van der Waals surface area contributed by atoms with E-state index in [1.54, 1.807) is 12.1 Å². The van der Waals surface area contributed by atoms with Crippen molar-refractivity contribution in [2.45, 2.75) is 0 Å². The van der Waals surface area contributed by atoms with E-state index in [1.165, 1.54) is 6.07 Å². The van der Waals surface area contributed by atoms with E-state index in [0.29, 0.717) is 15.8 Å². The second kappa shape index (κ2) is 3.63. The molecule has 2 aromatic carbocycles. The minimum absolute atomic E-state index is 0.0658. The topological polar surface area (TPSA) is 40.5 Å². The number of hydrogen-bond donors (Lipinski definition) is 2. The van der Waals surface area contributed by atoms with Crippen LogP contribution in [0.3, 0.4) is 0 Å². The molecule has 0 heterocycles. The lowest BCUT2D eigenvalue weighted by Crippen LogP contribution is -1.80. The average Bonchev–Trinajstić information content (AvgIpc) is 2.23. The van der Waals surface area contributed by atoms with Crippen LogP contribution >= 0.6 is 34.8 Å². The molecular formula is C10H5Cl3O2. The van der Waals surface area contributed by atoms with Crippen LogP contribution in [0.2, 0.25) is 15.1 Å². The van der Waals surface area contributed by atoms with Crippen LogP contribution in [0.15, 0.2) is 18.2 Å². The van der Waals surface area contributed by atoms with Crippen LogP contribution < -0.4 is 0 Å². The Kier molecular flexibility index (Phi) is 2.59.